The van der Waals surface area contributed by atoms with Gasteiger partial charge in [-0.15, -0.1) is 11.3 Å². The van der Waals surface area contributed by atoms with Gasteiger partial charge in [0.2, 0.25) is 0 Å². The number of nitrogens with zero attached hydrogens (tertiary/aromatic N) is 3. The number of H-pyrrole nitrogens is 1. The number of benzene rings is 1. The van der Waals surface area contributed by atoms with E-state index in [2.05, 4.69) is 15.2 Å². The minimum absolute atomic E-state index is 0.173. The molecule has 1 amide bonds. The first-order valence-corrected chi connectivity index (χ1v) is 8.70. The lowest BCUT2D eigenvalue weighted by molar-refractivity contribution is 0.0740. The molecule has 2 heterocycles. The minimum Gasteiger partial charge on any atom is -0.333 e. The summed E-state index contributed by atoms with van der Waals surface area (Å²) in [7, 11) is 1.74. The van der Waals surface area contributed by atoms with Gasteiger partial charge in [0.1, 0.15) is 5.82 Å². The molecule has 1 atom stereocenters. The zero-order chi connectivity index (χ0) is 18.1. The third-order valence-corrected chi connectivity index (χ3v) is 5.12. The Morgan fingerprint density at radius 3 is 2.76 bits per heavy atom. The van der Waals surface area contributed by atoms with Crippen molar-refractivity contribution in [3.8, 4) is 11.3 Å². The van der Waals surface area contributed by atoms with Crippen LogP contribution in [0.5, 0.6) is 0 Å². The number of aryl methyl sites for hydroxylation is 2. The normalized spacial score (nSPS) is 12.2. The standard InChI is InChI=1S/C18H19FN4OS/c1-10(16-11(2)25-12(3)21-16)23(4)18(24)15-9-20-22-17(15)13-6-5-7-14(19)8-13/h5-10H,1-4H3,(H,20,22)/t10-/m1/s1. The molecule has 1 aromatic carbocycles. The predicted molar refractivity (Wildman–Crippen MR) is 96.1 cm³/mol. The van der Waals surface area contributed by atoms with Crippen molar-refractivity contribution in [2.75, 3.05) is 7.05 Å². The van der Waals surface area contributed by atoms with E-state index in [1.807, 2.05) is 20.8 Å². The zero-order valence-corrected chi connectivity index (χ0v) is 15.3. The molecule has 0 saturated heterocycles. The van der Waals surface area contributed by atoms with Gasteiger partial charge in [0.25, 0.3) is 5.91 Å². The van der Waals surface area contributed by atoms with E-state index >= 15 is 0 Å². The van der Waals surface area contributed by atoms with Crippen LogP contribution in [-0.2, 0) is 0 Å². The Labute approximate surface area is 149 Å². The maximum absolute atomic E-state index is 13.5. The lowest BCUT2D eigenvalue weighted by Gasteiger charge is -2.24. The van der Waals surface area contributed by atoms with E-state index in [1.54, 1.807) is 35.4 Å². The number of hydrogen-bond acceptors (Lipinski definition) is 4. The Balaban J connectivity index is 1.91. The van der Waals surface area contributed by atoms with Crippen LogP contribution in [0.3, 0.4) is 0 Å². The Morgan fingerprint density at radius 2 is 2.12 bits per heavy atom. The number of thiazole rings is 1. The summed E-state index contributed by atoms with van der Waals surface area (Å²) >= 11 is 1.62. The van der Waals surface area contributed by atoms with Crippen molar-refractivity contribution in [3.63, 3.8) is 0 Å². The molecule has 0 spiro atoms. The average Bonchev–Trinajstić information content (AvgIpc) is 3.19. The summed E-state index contributed by atoms with van der Waals surface area (Å²) in [5.74, 6) is -0.550. The Kier molecular flexibility index (Phi) is 4.67. The molecule has 1 N–H and O–H groups in total. The molecule has 0 fully saturated rings. The summed E-state index contributed by atoms with van der Waals surface area (Å²) in [6, 6.07) is 5.91. The van der Waals surface area contributed by atoms with Gasteiger partial charge in [0.05, 0.1) is 34.2 Å². The molecule has 0 bridgehead atoms. The minimum atomic E-state index is -0.360. The highest BCUT2D eigenvalue weighted by atomic mass is 32.1. The van der Waals surface area contributed by atoms with E-state index in [0.29, 0.717) is 16.8 Å². The maximum Gasteiger partial charge on any atom is 0.257 e. The van der Waals surface area contributed by atoms with Crippen LogP contribution in [0.1, 0.15) is 38.9 Å². The molecule has 0 saturated carbocycles. The van der Waals surface area contributed by atoms with E-state index < -0.39 is 0 Å². The SMILES string of the molecule is Cc1nc([C@@H](C)N(C)C(=O)c2cn[nH]c2-c2cccc(F)c2)c(C)s1. The number of carbonyl (C=O) groups excluding carboxylic acids is 1. The summed E-state index contributed by atoms with van der Waals surface area (Å²) < 4.78 is 13.5. The van der Waals surface area contributed by atoms with Crippen molar-refractivity contribution >= 4 is 17.2 Å². The number of rotatable bonds is 4. The molecule has 0 aliphatic rings. The fourth-order valence-electron chi connectivity index (χ4n) is 2.79. The van der Waals surface area contributed by atoms with Gasteiger partial charge < -0.3 is 4.90 Å². The molecular formula is C18H19FN4OS. The van der Waals surface area contributed by atoms with Crippen molar-refractivity contribution in [2.24, 2.45) is 0 Å². The Bertz CT molecular complexity index is 917. The number of hydrogen-bond donors (Lipinski definition) is 1. The number of halogens is 1. The van der Waals surface area contributed by atoms with Gasteiger partial charge in [0, 0.05) is 17.5 Å². The molecule has 0 radical (unpaired) electrons. The molecule has 5 nitrogen and oxygen atoms in total. The molecule has 130 valence electrons. The van der Waals surface area contributed by atoms with Crippen molar-refractivity contribution in [1.82, 2.24) is 20.1 Å². The maximum atomic E-state index is 13.5. The van der Waals surface area contributed by atoms with Crippen molar-refractivity contribution in [1.29, 1.82) is 0 Å². The summed E-state index contributed by atoms with van der Waals surface area (Å²) in [5.41, 5.74) is 2.40. The van der Waals surface area contributed by atoms with Crippen LogP contribution < -0.4 is 0 Å². The van der Waals surface area contributed by atoms with Crippen LogP contribution in [-0.4, -0.2) is 33.0 Å². The van der Waals surface area contributed by atoms with Crippen molar-refractivity contribution < 1.29 is 9.18 Å². The fourth-order valence-corrected chi connectivity index (χ4v) is 3.70. The highest BCUT2D eigenvalue weighted by molar-refractivity contribution is 7.11. The fraction of sp³-hybridized carbons (Fsp3) is 0.278. The van der Waals surface area contributed by atoms with E-state index in [4.69, 9.17) is 0 Å². The molecule has 0 aliphatic carbocycles. The molecule has 0 aliphatic heterocycles. The van der Waals surface area contributed by atoms with Gasteiger partial charge in [-0.1, -0.05) is 12.1 Å². The van der Waals surface area contributed by atoms with Crippen LogP contribution in [0.4, 0.5) is 4.39 Å². The first-order chi connectivity index (χ1) is 11.9. The van der Waals surface area contributed by atoms with Crippen LogP contribution in [0.25, 0.3) is 11.3 Å². The molecular weight excluding hydrogens is 339 g/mol. The van der Waals surface area contributed by atoms with Crippen LogP contribution in [0.2, 0.25) is 0 Å². The number of amides is 1. The number of aromatic nitrogens is 3. The topological polar surface area (TPSA) is 61.9 Å². The summed E-state index contributed by atoms with van der Waals surface area (Å²) in [4.78, 5) is 20.2. The Morgan fingerprint density at radius 1 is 1.36 bits per heavy atom. The van der Waals surface area contributed by atoms with Crippen LogP contribution in [0, 0.1) is 19.7 Å². The van der Waals surface area contributed by atoms with Gasteiger partial charge in [-0.25, -0.2) is 9.37 Å². The van der Waals surface area contributed by atoms with Gasteiger partial charge in [0.15, 0.2) is 0 Å². The smallest absolute Gasteiger partial charge is 0.257 e. The largest absolute Gasteiger partial charge is 0.333 e. The second-order valence-electron chi connectivity index (χ2n) is 5.94. The van der Waals surface area contributed by atoms with Gasteiger partial charge in [-0.3, -0.25) is 9.89 Å². The number of nitrogens with one attached hydrogen (secondary N) is 1. The number of carbonyl (C=O) groups is 1. The molecule has 25 heavy (non-hydrogen) atoms. The third kappa shape index (κ3) is 3.32. The zero-order valence-electron chi connectivity index (χ0n) is 14.5. The van der Waals surface area contributed by atoms with E-state index in [1.165, 1.54) is 18.3 Å². The van der Waals surface area contributed by atoms with Gasteiger partial charge >= 0.3 is 0 Å². The average molecular weight is 358 g/mol. The third-order valence-electron chi connectivity index (χ3n) is 4.22. The second kappa shape index (κ2) is 6.76. The van der Waals surface area contributed by atoms with Gasteiger partial charge in [-0.2, -0.15) is 5.10 Å². The molecule has 7 heteroatoms. The first-order valence-electron chi connectivity index (χ1n) is 7.89. The van der Waals surface area contributed by atoms with E-state index in [9.17, 15) is 9.18 Å². The van der Waals surface area contributed by atoms with E-state index in [-0.39, 0.29) is 17.8 Å². The van der Waals surface area contributed by atoms with Crippen molar-refractivity contribution in [2.45, 2.75) is 26.8 Å². The quantitative estimate of drug-likeness (QED) is 0.763. The summed E-state index contributed by atoms with van der Waals surface area (Å²) in [6.07, 6.45) is 1.48. The lowest BCUT2D eigenvalue weighted by atomic mass is 10.1. The first kappa shape index (κ1) is 17.3. The van der Waals surface area contributed by atoms with Gasteiger partial charge in [-0.05, 0) is 32.9 Å². The number of aromatic amines is 1. The highest BCUT2D eigenvalue weighted by Gasteiger charge is 2.25. The summed E-state index contributed by atoms with van der Waals surface area (Å²) in [5, 5.41) is 7.75. The molecule has 3 aromatic rings. The monoisotopic (exact) mass is 358 g/mol. The second-order valence-corrected chi connectivity index (χ2v) is 7.34. The van der Waals surface area contributed by atoms with Crippen molar-refractivity contribution in [3.05, 3.63) is 57.4 Å². The van der Waals surface area contributed by atoms with Crippen LogP contribution in [0.15, 0.2) is 30.5 Å². The molecule has 2 aromatic heterocycles. The van der Waals surface area contributed by atoms with E-state index in [0.717, 1.165) is 15.6 Å². The highest BCUT2D eigenvalue weighted by Crippen LogP contribution is 2.29. The molecule has 3 rings (SSSR count). The predicted octanol–water partition coefficient (Wildman–Crippen LogP) is 4.12. The summed E-state index contributed by atoms with van der Waals surface area (Å²) in [6.45, 7) is 5.90. The van der Waals surface area contributed by atoms with Crippen LogP contribution >= 0.6 is 11.3 Å². The Hall–Kier alpha value is -2.54. The molecule has 0 unspecified atom stereocenters. The lowest BCUT2D eigenvalue weighted by Crippen LogP contribution is -2.30.